The Morgan fingerprint density at radius 3 is 2.63 bits per heavy atom. The minimum atomic E-state index is 0.622. The highest BCUT2D eigenvalue weighted by molar-refractivity contribution is 5.79. The first-order chi connectivity index (χ1) is 14.5. The van der Waals surface area contributed by atoms with Crippen molar-refractivity contribution in [2.45, 2.75) is 60.0 Å². The predicted octanol–water partition coefficient (Wildman–Crippen LogP) is 3.28. The Hall–Kier alpha value is -2.57. The van der Waals surface area contributed by atoms with Gasteiger partial charge in [0.25, 0.3) is 0 Å². The van der Waals surface area contributed by atoms with E-state index in [9.17, 15) is 0 Å². The van der Waals surface area contributed by atoms with Crippen LogP contribution in [-0.2, 0) is 13.1 Å². The van der Waals surface area contributed by atoms with Gasteiger partial charge in [0.15, 0.2) is 5.96 Å². The van der Waals surface area contributed by atoms with Crippen LogP contribution < -0.4 is 15.5 Å². The molecule has 2 aromatic heterocycles. The molecule has 1 aliphatic heterocycles. The first-order valence-corrected chi connectivity index (χ1v) is 11.3. The van der Waals surface area contributed by atoms with E-state index < -0.39 is 0 Å². The molecule has 3 heterocycles. The van der Waals surface area contributed by atoms with Gasteiger partial charge in [-0.1, -0.05) is 13.0 Å². The van der Waals surface area contributed by atoms with E-state index in [4.69, 9.17) is 4.99 Å². The average Bonchev–Trinajstić information content (AvgIpc) is 3.07. The van der Waals surface area contributed by atoms with E-state index in [1.165, 1.54) is 18.5 Å². The number of anilines is 1. The molecule has 0 spiro atoms. The topological polar surface area (TPSA) is 70.4 Å². The normalized spacial score (nSPS) is 15.5. The number of pyridine rings is 1. The van der Waals surface area contributed by atoms with Crippen LogP contribution in [0.4, 0.5) is 5.82 Å². The highest BCUT2D eigenvalue weighted by atomic mass is 15.3. The summed E-state index contributed by atoms with van der Waals surface area (Å²) in [4.78, 5) is 11.8. The largest absolute Gasteiger partial charge is 0.357 e. The van der Waals surface area contributed by atoms with Crippen LogP contribution in [0.5, 0.6) is 0 Å². The van der Waals surface area contributed by atoms with E-state index in [2.05, 4.69) is 69.3 Å². The Kier molecular flexibility index (Phi) is 8.11. The number of guanidine groups is 1. The third kappa shape index (κ3) is 6.47. The lowest BCUT2D eigenvalue weighted by Crippen LogP contribution is -2.38. The van der Waals surface area contributed by atoms with Crippen LogP contribution in [0.25, 0.3) is 0 Å². The zero-order valence-corrected chi connectivity index (χ0v) is 19.0. The number of hydrogen-bond acceptors (Lipinski definition) is 4. The van der Waals surface area contributed by atoms with Gasteiger partial charge in [-0.25, -0.2) is 9.98 Å². The van der Waals surface area contributed by atoms with E-state index in [0.29, 0.717) is 6.54 Å². The fourth-order valence-electron chi connectivity index (χ4n) is 3.78. The number of piperidine rings is 1. The molecule has 7 nitrogen and oxygen atoms in total. The summed E-state index contributed by atoms with van der Waals surface area (Å²) in [6.07, 6.45) is 5.47. The van der Waals surface area contributed by atoms with Crippen molar-refractivity contribution in [1.29, 1.82) is 0 Å². The Morgan fingerprint density at radius 1 is 1.20 bits per heavy atom. The van der Waals surface area contributed by atoms with Crippen LogP contribution in [-0.4, -0.2) is 46.9 Å². The Labute approximate surface area is 181 Å². The van der Waals surface area contributed by atoms with E-state index >= 15 is 0 Å². The second kappa shape index (κ2) is 11.0. The number of aryl methyl sites for hydroxylation is 3. The van der Waals surface area contributed by atoms with Gasteiger partial charge in [0.05, 0.1) is 12.2 Å². The van der Waals surface area contributed by atoms with Crippen molar-refractivity contribution < 1.29 is 0 Å². The molecule has 0 aromatic carbocycles. The summed E-state index contributed by atoms with van der Waals surface area (Å²) in [6, 6.07) is 6.40. The summed E-state index contributed by atoms with van der Waals surface area (Å²) in [7, 11) is 0. The number of nitrogens with one attached hydrogen (secondary N) is 2. The minimum Gasteiger partial charge on any atom is -0.357 e. The maximum atomic E-state index is 4.72. The quantitative estimate of drug-likeness (QED) is 0.396. The van der Waals surface area contributed by atoms with Crippen molar-refractivity contribution in [3.8, 4) is 0 Å². The van der Waals surface area contributed by atoms with Crippen LogP contribution in [0.1, 0.15) is 50.1 Å². The molecular formula is C23H37N7. The Morgan fingerprint density at radius 2 is 2.00 bits per heavy atom. The molecule has 0 atom stereocenters. The van der Waals surface area contributed by atoms with Gasteiger partial charge in [-0.2, -0.15) is 5.10 Å². The van der Waals surface area contributed by atoms with Crippen LogP contribution in [0, 0.1) is 19.8 Å². The molecule has 30 heavy (non-hydrogen) atoms. The summed E-state index contributed by atoms with van der Waals surface area (Å²) < 4.78 is 2.07. The first kappa shape index (κ1) is 22.1. The van der Waals surface area contributed by atoms with Crippen molar-refractivity contribution >= 4 is 11.8 Å². The molecule has 1 aliphatic rings. The third-order valence-corrected chi connectivity index (χ3v) is 5.62. The SMILES string of the molecule is CCNC(=NCc1ccc(N2CCC(C)CC2)nc1)NCCCn1nc(C)cc1C. The second-order valence-electron chi connectivity index (χ2n) is 8.32. The number of hydrogen-bond donors (Lipinski definition) is 2. The molecular weight excluding hydrogens is 374 g/mol. The van der Waals surface area contributed by atoms with Gasteiger partial charge in [-0.05, 0) is 63.6 Å². The molecule has 2 N–H and O–H groups in total. The van der Waals surface area contributed by atoms with Gasteiger partial charge in [0.1, 0.15) is 5.82 Å². The van der Waals surface area contributed by atoms with Gasteiger partial charge in [0, 0.05) is 44.6 Å². The number of aromatic nitrogens is 3. The second-order valence-corrected chi connectivity index (χ2v) is 8.32. The average molecular weight is 412 g/mol. The molecule has 0 amide bonds. The molecule has 0 bridgehead atoms. The van der Waals surface area contributed by atoms with Gasteiger partial charge in [0.2, 0.25) is 0 Å². The smallest absolute Gasteiger partial charge is 0.191 e. The van der Waals surface area contributed by atoms with Gasteiger partial charge in [-0.15, -0.1) is 0 Å². The lowest BCUT2D eigenvalue weighted by Gasteiger charge is -2.31. The van der Waals surface area contributed by atoms with Crippen molar-refractivity contribution in [3.05, 3.63) is 41.3 Å². The van der Waals surface area contributed by atoms with E-state index in [1.54, 1.807) is 0 Å². The summed E-state index contributed by atoms with van der Waals surface area (Å²) in [5.41, 5.74) is 3.41. The first-order valence-electron chi connectivity index (χ1n) is 11.3. The molecule has 7 heteroatoms. The molecule has 164 valence electrons. The maximum Gasteiger partial charge on any atom is 0.191 e. The monoisotopic (exact) mass is 411 g/mol. The van der Waals surface area contributed by atoms with E-state index in [1.807, 2.05) is 13.1 Å². The summed E-state index contributed by atoms with van der Waals surface area (Å²) in [5, 5.41) is 11.3. The third-order valence-electron chi connectivity index (χ3n) is 5.62. The lowest BCUT2D eigenvalue weighted by molar-refractivity contribution is 0.436. The predicted molar refractivity (Wildman–Crippen MR) is 124 cm³/mol. The van der Waals surface area contributed by atoms with E-state index in [-0.39, 0.29) is 0 Å². The number of nitrogens with zero attached hydrogens (tertiary/aromatic N) is 5. The van der Waals surface area contributed by atoms with Gasteiger partial charge < -0.3 is 15.5 Å². The summed E-state index contributed by atoms with van der Waals surface area (Å²) in [5.74, 6) is 2.77. The van der Waals surface area contributed by atoms with Crippen LogP contribution in [0.2, 0.25) is 0 Å². The Bertz CT molecular complexity index is 801. The molecule has 1 fully saturated rings. The molecule has 0 saturated carbocycles. The standard InChI is InChI=1S/C23H37N7/c1-5-24-23(25-11-6-12-30-20(4)15-19(3)28-30)27-17-21-7-8-22(26-16-21)29-13-9-18(2)10-14-29/h7-8,15-16,18H,5-6,9-14,17H2,1-4H3,(H2,24,25,27). The molecule has 3 rings (SSSR count). The van der Waals surface area contributed by atoms with Crippen molar-refractivity contribution in [3.63, 3.8) is 0 Å². The van der Waals surface area contributed by atoms with Gasteiger partial charge in [-0.3, -0.25) is 4.68 Å². The van der Waals surface area contributed by atoms with Crippen LogP contribution in [0.15, 0.2) is 29.4 Å². The number of rotatable bonds is 8. The summed E-state index contributed by atoms with van der Waals surface area (Å²) >= 11 is 0. The zero-order chi connectivity index (χ0) is 21.3. The van der Waals surface area contributed by atoms with Crippen LogP contribution in [0.3, 0.4) is 0 Å². The van der Waals surface area contributed by atoms with Gasteiger partial charge >= 0.3 is 0 Å². The Balaban J connectivity index is 1.47. The van der Waals surface area contributed by atoms with Crippen molar-refractivity contribution in [1.82, 2.24) is 25.4 Å². The highest BCUT2D eigenvalue weighted by Crippen LogP contribution is 2.21. The fourth-order valence-corrected chi connectivity index (χ4v) is 3.78. The molecule has 0 unspecified atom stereocenters. The molecule has 0 aliphatic carbocycles. The molecule has 2 aromatic rings. The summed E-state index contributed by atoms with van der Waals surface area (Å²) in [6.45, 7) is 14.0. The minimum absolute atomic E-state index is 0.622. The molecule has 1 saturated heterocycles. The van der Waals surface area contributed by atoms with Crippen molar-refractivity contribution in [2.75, 3.05) is 31.1 Å². The maximum absolute atomic E-state index is 4.72. The fraction of sp³-hybridized carbons (Fsp3) is 0.609. The molecule has 0 radical (unpaired) electrons. The van der Waals surface area contributed by atoms with Crippen molar-refractivity contribution in [2.24, 2.45) is 10.9 Å². The zero-order valence-electron chi connectivity index (χ0n) is 19.0. The number of aliphatic imine (C=N–C) groups is 1. The highest BCUT2D eigenvalue weighted by Gasteiger charge is 2.16. The van der Waals surface area contributed by atoms with Crippen LogP contribution >= 0.6 is 0 Å². The lowest BCUT2D eigenvalue weighted by atomic mass is 9.99. The van der Waals surface area contributed by atoms with E-state index in [0.717, 1.165) is 68.1 Å².